The van der Waals surface area contributed by atoms with Crippen LogP contribution in [-0.4, -0.2) is 23.5 Å². The quantitative estimate of drug-likeness (QED) is 0.588. The van der Waals surface area contributed by atoms with Crippen molar-refractivity contribution in [2.75, 3.05) is 11.9 Å². The molecule has 0 bridgehead atoms. The Bertz CT molecular complexity index is 438. The molecule has 0 aromatic carbocycles. The van der Waals surface area contributed by atoms with Crippen LogP contribution < -0.4 is 5.32 Å². The van der Waals surface area contributed by atoms with Crippen molar-refractivity contribution in [2.45, 2.75) is 46.5 Å². The largest absolute Gasteiger partial charge is 0.462 e. The van der Waals surface area contributed by atoms with Crippen LogP contribution in [0.3, 0.4) is 0 Å². The van der Waals surface area contributed by atoms with Gasteiger partial charge in [0.15, 0.2) is 0 Å². The normalized spacial score (nSPS) is 10.3. The molecule has 2 N–H and O–H groups in total. The summed E-state index contributed by atoms with van der Waals surface area (Å²) in [5, 5.41) is 2.76. The molecule has 0 spiro atoms. The molecule has 0 aliphatic heterocycles. The maximum Gasteiger partial charge on any atom is 0.342 e. The predicted octanol–water partition coefficient (Wildman–Crippen LogP) is 3.02. The molecule has 0 aliphatic rings. The molecule has 5 nitrogen and oxygen atoms in total. The third kappa shape index (κ3) is 4.43. The van der Waals surface area contributed by atoms with Crippen LogP contribution in [0.1, 0.15) is 55.6 Å². The predicted molar refractivity (Wildman–Crippen MR) is 74.3 cm³/mol. The Kier molecular flexibility index (Phi) is 6.12. The molecule has 106 valence electrons. The topological polar surface area (TPSA) is 71.2 Å². The van der Waals surface area contributed by atoms with E-state index in [0.29, 0.717) is 30.0 Å². The number of aromatic nitrogens is 1. The molecule has 1 aromatic heterocycles. The van der Waals surface area contributed by atoms with Gasteiger partial charge in [0.2, 0.25) is 5.91 Å². The second-order valence-corrected chi connectivity index (χ2v) is 4.43. The summed E-state index contributed by atoms with van der Waals surface area (Å²) < 4.78 is 4.98. The lowest BCUT2D eigenvalue weighted by molar-refractivity contribution is -0.116. The number of carbonyl (C=O) groups excluding carboxylic acids is 2. The van der Waals surface area contributed by atoms with Gasteiger partial charge in [-0.25, -0.2) is 4.79 Å². The Hall–Kier alpha value is -1.78. The van der Waals surface area contributed by atoms with Gasteiger partial charge in [-0.05, 0) is 20.3 Å². The first-order valence-electron chi connectivity index (χ1n) is 6.75. The molecular weight excluding hydrogens is 244 g/mol. The van der Waals surface area contributed by atoms with Crippen LogP contribution in [0.4, 0.5) is 5.69 Å². The Morgan fingerprint density at radius 1 is 1.32 bits per heavy atom. The minimum atomic E-state index is -0.412. The number of hydrogen-bond acceptors (Lipinski definition) is 3. The zero-order chi connectivity index (χ0) is 14.3. The average molecular weight is 266 g/mol. The third-order valence-corrected chi connectivity index (χ3v) is 2.84. The van der Waals surface area contributed by atoms with Crippen LogP contribution >= 0.6 is 0 Å². The smallest absolute Gasteiger partial charge is 0.342 e. The molecule has 0 atom stereocenters. The first-order valence-corrected chi connectivity index (χ1v) is 6.75. The number of aromatic amines is 1. The van der Waals surface area contributed by atoms with Gasteiger partial charge in [0, 0.05) is 18.3 Å². The van der Waals surface area contributed by atoms with Crippen molar-refractivity contribution < 1.29 is 14.3 Å². The number of amides is 1. The number of unbranched alkanes of at least 4 members (excludes halogenated alkanes) is 2. The van der Waals surface area contributed by atoms with Gasteiger partial charge in [-0.15, -0.1) is 0 Å². The zero-order valence-electron chi connectivity index (χ0n) is 11.8. The van der Waals surface area contributed by atoms with Crippen LogP contribution in [0.2, 0.25) is 0 Å². The lowest BCUT2D eigenvalue weighted by atomic mass is 10.2. The number of carbonyl (C=O) groups is 2. The van der Waals surface area contributed by atoms with Gasteiger partial charge >= 0.3 is 5.97 Å². The van der Waals surface area contributed by atoms with Gasteiger partial charge in [-0.3, -0.25) is 4.79 Å². The fraction of sp³-hybridized carbons (Fsp3) is 0.571. The highest BCUT2D eigenvalue weighted by Gasteiger charge is 2.18. The van der Waals surface area contributed by atoms with Gasteiger partial charge in [-0.2, -0.15) is 0 Å². The number of esters is 1. The van der Waals surface area contributed by atoms with E-state index in [9.17, 15) is 9.59 Å². The van der Waals surface area contributed by atoms with E-state index in [2.05, 4.69) is 17.2 Å². The lowest BCUT2D eigenvalue weighted by Crippen LogP contribution is -2.14. The van der Waals surface area contributed by atoms with Crippen LogP contribution in [0.25, 0.3) is 0 Å². The van der Waals surface area contributed by atoms with Gasteiger partial charge in [-0.1, -0.05) is 19.8 Å². The molecule has 1 heterocycles. The molecule has 5 heteroatoms. The molecular formula is C14H22N2O3. The lowest BCUT2D eigenvalue weighted by Gasteiger charge is -2.07. The summed E-state index contributed by atoms with van der Waals surface area (Å²) >= 11 is 0. The summed E-state index contributed by atoms with van der Waals surface area (Å²) in [5.41, 5.74) is 1.60. The van der Waals surface area contributed by atoms with Crippen molar-refractivity contribution in [1.82, 2.24) is 4.98 Å². The number of aryl methyl sites for hydroxylation is 1. The Morgan fingerprint density at radius 3 is 2.68 bits per heavy atom. The number of rotatable bonds is 7. The highest BCUT2D eigenvalue weighted by molar-refractivity contribution is 6.02. The van der Waals surface area contributed by atoms with Crippen LogP contribution in [-0.2, 0) is 9.53 Å². The maximum absolute atomic E-state index is 11.8. The van der Waals surface area contributed by atoms with Gasteiger partial charge in [0.1, 0.15) is 5.56 Å². The molecule has 0 aliphatic carbocycles. The fourth-order valence-corrected chi connectivity index (χ4v) is 1.84. The second-order valence-electron chi connectivity index (χ2n) is 4.43. The maximum atomic E-state index is 11.8. The Morgan fingerprint density at radius 2 is 2.05 bits per heavy atom. The highest BCUT2D eigenvalue weighted by Crippen LogP contribution is 2.20. The summed E-state index contributed by atoms with van der Waals surface area (Å²) in [6.07, 6.45) is 5.06. The molecule has 0 fully saturated rings. The van der Waals surface area contributed by atoms with Gasteiger partial charge in [0.05, 0.1) is 12.3 Å². The minimum Gasteiger partial charge on any atom is -0.462 e. The van der Waals surface area contributed by atoms with Crippen molar-refractivity contribution in [2.24, 2.45) is 0 Å². The Labute approximate surface area is 113 Å². The summed E-state index contributed by atoms with van der Waals surface area (Å²) in [6.45, 7) is 5.93. The number of ether oxygens (including phenoxy) is 1. The monoisotopic (exact) mass is 266 g/mol. The molecule has 1 rings (SSSR count). The number of H-pyrrole nitrogens is 1. The molecule has 0 saturated carbocycles. The van der Waals surface area contributed by atoms with Crippen LogP contribution in [0.15, 0.2) is 6.20 Å². The Balaban J connectivity index is 2.68. The van der Waals surface area contributed by atoms with E-state index >= 15 is 0 Å². The highest BCUT2D eigenvalue weighted by atomic mass is 16.5. The van der Waals surface area contributed by atoms with E-state index in [0.717, 1.165) is 19.3 Å². The van der Waals surface area contributed by atoms with E-state index in [4.69, 9.17) is 4.74 Å². The number of hydrogen-bond donors (Lipinski definition) is 2. The van der Waals surface area contributed by atoms with Crippen molar-refractivity contribution >= 4 is 17.6 Å². The molecule has 1 aromatic rings. The van der Waals surface area contributed by atoms with Crippen molar-refractivity contribution in [1.29, 1.82) is 0 Å². The average Bonchev–Trinajstić information content (AvgIpc) is 2.71. The first-order chi connectivity index (χ1) is 9.10. The second kappa shape index (κ2) is 7.61. The molecule has 0 radical (unpaired) electrons. The fourth-order valence-electron chi connectivity index (χ4n) is 1.84. The summed E-state index contributed by atoms with van der Waals surface area (Å²) in [5.74, 6) is -0.483. The van der Waals surface area contributed by atoms with E-state index in [1.807, 2.05) is 0 Å². The standard InChI is InChI=1S/C14H22N2O3/c1-4-6-7-8-12(17)16-11-9-15-10(3)13(11)14(18)19-5-2/h9,15H,4-8H2,1-3H3,(H,16,17). The zero-order valence-corrected chi connectivity index (χ0v) is 11.8. The summed E-state index contributed by atoms with van der Waals surface area (Å²) in [4.78, 5) is 26.5. The molecule has 19 heavy (non-hydrogen) atoms. The molecule has 0 unspecified atom stereocenters. The van der Waals surface area contributed by atoms with Crippen molar-refractivity contribution in [3.63, 3.8) is 0 Å². The number of anilines is 1. The third-order valence-electron chi connectivity index (χ3n) is 2.84. The van der Waals surface area contributed by atoms with Crippen LogP contribution in [0.5, 0.6) is 0 Å². The van der Waals surface area contributed by atoms with Crippen molar-refractivity contribution in [3.8, 4) is 0 Å². The van der Waals surface area contributed by atoms with E-state index in [-0.39, 0.29) is 5.91 Å². The summed E-state index contributed by atoms with van der Waals surface area (Å²) in [7, 11) is 0. The van der Waals surface area contributed by atoms with E-state index < -0.39 is 5.97 Å². The number of nitrogens with one attached hydrogen (secondary N) is 2. The van der Waals surface area contributed by atoms with E-state index in [1.165, 1.54) is 0 Å². The first kappa shape index (κ1) is 15.3. The van der Waals surface area contributed by atoms with E-state index in [1.54, 1.807) is 20.0 Å². The SMILES string of the molecule is CCCCCC(=O)Nc1c[nH]c(C)c1C(=O)OCC. The van der Waals surface area contributed by atoms with Crippen molar-refractivity contribution in [3.05, 3.63) is 17.5 Å². The van der Waals surface area contributed by atoms with Gasteiger partial charge in [0.25, 0.3) is 0 Å². The molecule has 0 saturated heterocycles. The molecule has 1 amide bonds. The summed E-state index contributed by atoms with van der Waals surface area (Å²) in [6, 6.07) is 0. The minimum absolute atomic E-state index is 0.0713. The van der Waals surface area contributed by atoms with Crippen LogP contribution in [0, 0.1) is 6.92 Å². The van der Waals surface area contributed by atoms with Gasteiger partial charge < -0.3 is 15.0 Å².